The molecular weight excluding hydrogens is 336 g/mol. The number of carbonyl (C=O) groups is 1. The molecule has 0 spiro atoms. The average Bonchev–Trinajstić information content (AvgIpc) is 2.75. The van der Waals surface area contributed by atoms with Gasteiger partial charge in [-0.3, -0.25) is 14.4 Å². The van der Waals surface area contributed by atoms with Gasteiger partial charge in [0.25, 0.3) is 15.7 Å². The number of nitro groups is 1. The van der Waals surface area contributed by atoms with E-state index in [0.29, 0.717) is 0 Å². The van der Waals surface area contributed by atoms with Crippen LogP contribution < -0.4 is 4.31 Å². The minimum Gasteiger partial charge on any atom is -0.460 e. The number of nitro benzene ring substituents is 1. The molecule has 0 fully saturated rings. The first-order chi connectivity index (χ1) is 11.4. The SMILES string of the molecule is O=C1OCCN(S(=O)(=O)c2cccc([N+](=O)[O-])c2)c2ccccc21. The van der Waals surface area contributed by atoms with E-state index in [4.69, 9.17) is 4.74 Å². The van der Waals surface area contributed by atoms with Crippen LogP contribution in [0.15, 0.2) is 53.4 Å². The lowest BCUT2D eigenvalue weighted by Crippen LogP contribution is -2.33. The summed E-state index contributed by atoms with van der Waals surface area (Å²) in [5.74, 6) is -0.609. The van der Waals surface area contributed by atoms with Crippen molar-refractivity contribution in [1.82, 2.24) is 0 Å². The Balaban J connectivity index is 2.13. The molecule has 0 bridgehead atoms. The number of para-hydroxylation sites is 1. The Morgan fingerprint density at radius 1 is 1.12 bits per heavy atom. The molecule has 0 radical (unpaired) electrons. The van der Waals surface area contributed by atoms with Gasteiger partial charge in [0.2, 0.25) is 0 Å². The van der Waals surface area contributed by atoms with Gasteiger partial charge in [0.05, 0.1) is 27.6 Å². The van der Waals surface area contributed by atoms with Crippen LogP contribution in [0.25, 0.3) is 0 Å². The van der Waals surface area contributed by atoms with E-state index in [1.807, 2.05) is 0 Å². The number of carbonyl (C=O) groups excluding carboxylic acids is 1. The fraction of sp³-hybridized carbons (Fsp3) is 0.133. The van der Waals surface area contributed by atoms with E-state index < -0.39 is 20.9 Å². The van der Waals surface area contributed by atoms with Crippen LogP contribution in [-0.4, -0.2) is 32.5 Å². The number of anilines is 1. The molecule has 0 N–H and O–H groups in total. The predicted molar refractivity (Wildman–Crippen MR) is 84.4 cm³/mol. The van der Waals surface area contributed by atoms with Crippen LogP contribution in [0.1, 0.15) is 10.4 Å². The lowest BCUT2D eigenvalue weighted by Gasteiger charge is -2.23. The van der Waals surface area contributed by atoms with Gasteiger partial charge in [-0.1, -0.05) is 18.2 Å². The van der Waals surface area contributed by atoms with Gasteiger partial charge in [0, 0.05) is 12.1 Å². The maximum Gasteiger partial charge on any atom is 0.340 e. The van der Waals surface area contributed by atoms with Gasteiger partial charge < -0.3 is 4.74 Å². The van der Waals surface area contributed by atoms with Crippen LogP contribution in [0.2, 0.25) is 0 Å². The van der Waals surface area contributed by atoms with Crippen molar-refractivity contribution in [3.63, 3.8) is 0 Å². The molecule has 124 valence electrons. The number of cyclic esters (lactones) is 1. The van der Waals surface area contributed by atoms with E-state index in [1.165, 1.54) is 30.3 Å². The van der Waals surface area contributed by atoms with Gasteiger partial charge in [-0.15, -0.1) is 0 Å². The topological polar surface area (TPSA) is 107 Å². The monoisotopic (exact) mass is 348 g/mol. The molecule has 8 nitrogen and oxygen atoms in total. The Morgan fingerprint density at radius 3 is 2.62 bits per heavy atom. The molecule has 2 aromatic carbocycles. The summed E-state index contributed by atoms with van der Waals surface area (Å²) in [5.41, 5.74) is -0.0120. The van der Waals surface area contributed by atoms with E-state index in [1.54, 1.807) is 12.1 Å². The minimum atomic E-state index is -4.08. The van der Waals surface area contributed by atoms with Crippen molar-refractivity contribution in [1.29, 1.82) is 0 Å². The first-order valence-electron chi connectivity index (χ1n) is 6.94. The molecule has 9 heteroatoms. The zero-order chi connectivity index (χ0) is 17.3. The number of esters is 1. The molecule has 0 saturated carbocycles. The zero-order valence-corrected chi connectivity index (χ0v) is 13.1. The molecule has 3 rings (SSSR count). The van der Waals surface area contributed by atoms with Crippen LogP contribution in [0.3, 0.4) is 0 Å². The van der Waals surface area contributed by atoms with Crippen molar-refractivity contribution in [2.24, 2.45) is 0 Å². The summed E-state index contributed by atoms with van der Waals surface area (Å²) in [7, 11) is -4.08. The summed E-state index contributed by atoms with van der Waals surface area (Å²) >= 11 is 0. The van der Waals surface area contributed by atoms with Crippen molar-refractivity contribution < 1.29 is 22.9 Å². The summed E-state index contributed by atoms with van der Waals surface area (Å²) < 4.78 is 31.9. The number of non-ortho nitro benzene ring substituents is 1. The molecular formula is C15H12N2O6S. The quantitative estimate of drug-likeness (QED) is 0.477. The summed E-state index contributed by atoms with van der Waals surface area (Å²) in [4.78, 5) is 21.9. The summed E-state index contributed by atoms with van der Waals surface area (Å²) in [5, 5.41) is 10.9. The van der Waals surface area contributed by atoms with Gasteiger partial charge >= 0.3 is 5.97 Å². The average molecular weight is 348 g/mol. The highest BCUT2D eigenvalue weighted by Crippen LogP contribution is 2.30. The van der Waals surface area contributed by atoms with Crippen LogP contribution in [0, 0.1) is 10.1 Å². The summed E-state index contributed by atoms with van der Waals surface area (Å²) in [6, 6.07) is 11.0. The molecule has 1 heterocycles. The second-order valence-electron chi connectivity index (χ2n) is 4.98. The van der Waals surface area contributed by atoms with E-state index in [-0.39, 0.29) is 35.0 Å². The molecule has 0 saturated heterocycles. The molecule has 0 aliphatic carbocycles. The van der Waals surface area contributed by atoms with E-state index >= 15 is 0 Å². The van der Waals surface area contributed by atoms with Crippen LogP contribution in [0.5, 0.6) is 0 Å². The highest BCUT2D eigenvalue weighted by Gasteiger charge is 2.31. The first kappa shape index (κ1) is 15.9. The molecule has 0 atom stereocenters. The molecule has 0 unspecified atom stereocenters. The van der Waals surface area contributed by atoms with E-state index in [9.17, 15) is 23.3 Å². The second-order valence-corrected chi connectivity index (χ2v) is 6.85. The molecule has 1 aliphatic rings. The maximum absolute atomic E-state index is 12.9. The van der Waals surface area contributed by atoms with Crippen LogP contribution in [-0.2, 0) is 14.8 Å². The normalized spacial score (nSPS) is 14.5. The third-order valence-electron chi connectivity index (χ3n) is 3.54. The zero-order valence-electron chi connectivity index (χ0n) is 12.3. The third-order valence-corrected chi connectivity index (χ3v) is 5.35. The maximum atomic E-state index is 12.9. The fourth-order valence-electron chi connectivity index (χ4n) is 2.42. The number of nitrogens with zero attached hydrogens (tertiary/aromatic N) is 2. The summed E-state index contributed by atoms with van der Waals surface area (Å²) in [6.07, 6.45) is 0. The first-order valence-corrected chi connectivity index (χ1v) is 8.38. The van der Waals surface area contributed by atoms with Gasteiger partial charge in [0.15, 0.2) is 0 Å². The molecule has 0 amide bonds. The lowest BCUT2D eigenvalue weighted by molar-refractivity contribution is -0.385. The Kier molecular flexibility index (Phi) is 3.94. The smallest absolute Gasteiger partial charge is 0.340 e. The Morgan fingerprint density at radius 2 is 1.88 bits per heavy atom. The largest absolute Gasteiger partial charge is 0.460 e. The Hall–Kier alpha value is -2.94. The van der Waals surface area contributed by atoms with Gasteiger partial charge in [-0.2, -0.15) is 0 Å². The number of ether oxygens (including phenoxy) is 1. The Labute approximate surface area is 137 Å². The fourth-order valence-corrected chi connectivity index (χ4v) is 3.93. The lowest BCUT2D eigenvalue weighted by atomic mass is 10.2. The standard InChI is InChI=1S/C15H12N2O6S/c18-15-13-6-1-2-7-14(13)16(8-9-23-15)24(21,22)12-5-3-4-11(10-12)17(19)20/h1-7,10H,8-9H2. The number of sulfonamides is 1. The van der Waals surface area contributed by atoms with Crippen molar-refractivity contribution in [3.05, 3.63) is 64.2 Å². The van der Waals surface area contributed by atoms with Crippen LogP contribution in [0.4, 0.5) is 11.4 Å². The number of rotatable bonds is 3. The summed E-state index contributed by atoms with van der Waals surface area (Å²) in [6.45, 7) is -0.185. The second kappa shape index (κ2) is 5.93. The van der Waals surface area contributed by atoms with Gasteiger partial charge in [-0.05, 0) is 18.2 Å². The van der Waals surface area contributed by atoms with Crippen molar-refractivity contribution in [3.8, 4) is 0 Å². The van der Waals surface area contributed by atoms with Crippen molar-refractivity contribution in [2.45, 2.75) is 4.90 Å². The third kappa shape index (κ3) is 2.69. The highest BCUT2D eigenvalue weighted by molar-refractivity contribution is 7.92. The number of hydrogen-bond donors (Lipinski definition) is 0. The predicted octanol–water partition coefficient (Wildman–Crippen LogP) is 1.96. The highest BCUT2D eigenvalue weighted by atomic mass is 32.2. The van der Waals surface area contributed by atoms with Crippen LogP contribution >= 0.6 is 0 Å². The number of hydrogen-bond acceptors (Lipinski definition) is 6. The minimum absolute atomic E-state index is 0.0756. The molecule has 1 aliphatic heterocycles. The molecule has 24 heavy (non-hydrogen) atoms. The van der Waals surface area contributed by atoms with E-state index in [0.717, 1.165) is 10.4 Å². The number of fused-ring (bicyclic) bond motifs is 1. The van der Waals surface area contributed by atoms with Crippen molar-refractivity contribution in [2.75, 3.05) is 17.5 Å². The molecule has 0 aromatic heterocycles. The number of benzene rings is 2. The Bertz CT molecular complexity index is 925. The van der Waals surface area contributed by atoms with E-state index in [2.05, 4.69) is 0 Å². The van der Waals surface area contributed by atoms with Crippen molar-refractivity contribution >= 4 is 27.4 Å². The van der Waals surface area contributed by atoms with Gasteiger partial charge in [0.1, 0.15) is 6.61 Å². The van der Waals surface area contributed by atoms with Gasteiger partial charge in [-0.25, -0.2) is 13.2 Å². The molecule has 2 aromatic rings.